The number of fused-ring (bicyclic) bond motifs is 1. The minimum Gasteiger partial charge on any atom is -0.466 e. The molecule has 0 radical (unpaired) electrons. The molecule has 1 saturated carbocycles. The van der Waals surface area contributed by atoms with Crippen molar-refractivity contribution in [2.75, 3.05) is 39.3 Å². The van der Waals surface area contributed by atoms with Crippen molar-refractivity contribution in [2.45, 2.75) is 39.2 Å². The van der Waals surface area contributed by atoms with Gasteiger partial charge in [0.1, 0.15) is 5.52 Å². The molecule has 0 unspecified atom stereocenters. The van der Waals surface area contributed by atoms with Crippen LogP contribution in [-0.2, 0) is 16.1 Å². The summed E-state index contributed by atoms with van der Waals surface area (Å²) in [6.45, 7) is 6.62. The summed E-state index contributed by atoms with van der Waals surface area (Å²) in [6.07, 6.45) is 3.63. The number of piperazine rings is 1. The molecule has 2 aromatic rings. The lowest BCUT2D eigenvalue weighted by molar-refractivity contribution is -0.149. The average Bonchev–Trinajstić information content (AvgIpc) is 3.21. The van der Waals surface area contributed by atoms with Crippen molar-refractivity contribution < 1.29 is 18.7 Å². The number of hydrogen-bond donors (Lipinski definition) is 1. The Labute approximate surface area is 182 Å². The predicted molar refractivity (Wildman–Crippen MR) is 116 cm³/mol. The second-order valence-corrected chi connectivity index (χ2v) is 8.49. The van der Waals surface area contributed by atoms with Crippen molar-refractivity contribution in [3.63, 3.8) is 0 Å². The highest BCUT2D eigenvalue weighted by atomic mass is 16.5. The zero-order chi connectivity index (χ0) is 21.6. The van der Waals surface area contributed by atoms with Gasteiger partial charge in [0.25, 0.3) is 0 Å². The van der Waals surface area contributed by atoms with Crippen LogP contribution in [0.15, 0.2) is 28.7 Å². The van der Waals surface area contributed by atoms with E-state index in [0.29, 0.717) is 38.7 Å². The monoisotopic (exact) mass is 428 g/mol. The minimum atomic E-state index is -0.0688. The molecule has 4 rings (SSSR count). The number of amides is 2. The van der Waals surface area contributed by atoms with Crippen molar-refractivity contribution in [3.8, 4) is 0 Å². The largest absolute Gasteiger partial charge is 0.466 e. The van der Waals surface area contributed by atoms with E-state index in [1.807, 2.05) is 36.1 Å². The molecule has 168 valence electrons. The fourth-order valence-corrected chi connectivity index (χ4v) is 4.49. The highest BCUT2D eigenvalue weighted by Gasteiger charge is 2.28. The summed E-state index contributed by atoms with van der Waals surface area (Å²) in [7, 11) is 0. The third-order valence-corrected chi connectivity index (χ3v) is 6.37. The molecular formula is C23H32N4O4. The highest BCUT2D eigenvalue weighted by Crippen LogP contribution is 2.29. The van der Waals surface area contributed by atoms with Gasteiger partial charge < -0.3 is 19.4 Å². The van der Waals surface area contributed by atoms with E-state index in [-0.39, 0.29) is 17.9 Å². The van der Waals surface area contributed by atoms with Crippen LogP contribution < -0.4 is 5.32 Å². The molecule has 8 heteroatoms. The number of carbonyl (C=O) groups is 2. The summed E-state index contributed by atoms with van der Waals surface area (Å²) >= 11 is 0. The molecule has 0 atom stereocenters. The molecule has 8 nitrogen and oxygen atoms in total. The number of benzene rings is 1. The van der Waals surface area contributed by atoms with Crippen molar-refractivity contribution in [1.82, 2.24) is 20.1 Å². The minimum absolute atomic E-state index is 0.00836. The first-order chi connectivity index (χ1) is 15.1. The van der Waals surface area contributed by atoms with E-state index in [2.05, 4.69) is 15.2 Å². The van der Waals surface area contributed by atoms with Crippen LogP contribution in [0, 0.1) is 11.8 Å². The number of aromatic nitrogens is 1. The van der Waals surface area contributed by atoms with Crippen LogP contribution in [0.2, 0.25) is 0 Å². The molecule has 2 heterocycles. The standard InChI is InChI=1S/C23H32N4O4/c1-2-30-22(28)18-9-7-17(8-10-18)15-24-23(29)27-13-11-26(12-14-27)16-21-25-19-5-3-4-6-20(19)31-21/h3-6,17-18H,2,7-16H2,1H3,(H,24,29). The van der Waals surface area contributed by atoms with E-state index in [1.165, 1.54) is 0 Å². The zero-order valence-corrected chi connectivity index (χ0v) is 18.2. The number of nitrogens with zero attached hydrogens (tertiary/aromatic N) is 3. The van der Waals surface area contributed by atoms with E-state index < -0.39 is 0 Å². The van der Waals surface area contributed by atoms with Crippen LogP contribution in [0.5, 0.6) is 0 Å². The molecule has 1 aliphatic heterocycles. The number of urea groups is 1. The Morgan fingerprint density at radius 3 is 2.58 bits per heavy atom. The molecule has 2 amide bonds. The summed E-state index contributed by atoms with van der Waals surface area (Å²) in [5, 5.41) is 3.10. The smallest absolute Gasteiger partial charge is 0.317 e. The van der Waals surface area contributed by atoms with Crippen LogP contribution in [0.3, 0.4) is 0 Å². The van der Waals surface area contributed by atoms with Gasteiger partial charge in [-0.1, -0.05) is 12.1 Å². The summed E-state index contributed by atoms with van der Waals surface area (Å²) in [4.78, 5) is 33.1. The third-order valence-electron chi connectivity index (χ3n) is 6.37. The lowest BCUT2D eigenvalue weighted by atomic mass is 9.82. The normalized spacial score (nSPS) is 22.4. The summed E-state index contributed by atoms with van der Waals surface area (Å²) in [5.41, 5.74) is 1.69. The molecule has 2 aliphatic rings. The molecule has 1 saturated heterocycles. The fourth-order valence-electron chi connectivity index (χ4n) is 4.49. The maximum atomic E-state index is 12.6. The first kappa shape index (κ1) is 21.6. The molecule has 1 aliphatic carbocycles. The van der Waals surface area contributed by atoms with Gasteiger partial charge in [-0.25, -0.2) is 9.78 Å². The predicted octanol–water partition coefficient (Wildman–Crippen LogP) is 3.02. The second-order valence-electron chi connectivity index (χ2n) is 8.49. The third kappa shape index (κ3) is 5.55. The molecule has 0 spiro atoms. The van der Waals surface area contributed by atoms with Gasteiger partial charge >= 0.3 is 12.0 Å². The van der Waals surface area contributed by atoms with Crippen molar-refractivity contribution >= 4 is 23.1 Å². The van der Waals surface area contributed by atoms with Crippen LogP contribution in [0.1, 0.15) is 38.5 Å². The Bertz CT molecular complexity index is 850. The first-order valence-corrected chi connectivity index (χ1v) is 11.4. The van der Waals surface area contributed by atoms with Gasteiger partial charge in [-0.15, -0.1) is 0 Å². The van der Waals surface area contributed by atoms with Gasteiger partial charge in [-0.05, 0) is 50.7 Å². The van der Waals surface area contributed by atoms with E-state index in [0.717, 1.165) is 55.8 Å². The molecule has 1 aromatic carbocycles. The lowest BCUT2D eigenvalue weighted by Gasteiger charge is -2.34. The number of carbonyl (C=O) groups excluding carboxylic acids is 2. The number of para-hydroxylation sites is 2. The molecule has 2 fully saturated rings. The lowest BCUT2D eigenvalue weighted by Crippen LogP contribution is -2.52. The number of ether oxygens (including phenoxy) is 1. The Balaban J connectivity index is 1.15. The van der Waals surface area contributed by atoms with Crippen molar-refractivity contribution in [1.29, 1.82) is 0 Å². The van der Waals surface area contributed by atoms with Crippen LogP contribution >= 0.6 is 0 Å². The van der Waals surface area contributed by atoms with Crippen molar-refractivity contribution in [2.24, 2.45) is 11.8 Å². The number of nitrogens with one attached hydrogen (secondary N) is 1. The van der Waals surface area contributed by atoms with E-state index in [9.17, 15) is 9.59 Å². The Kier molecular flexibility index (Phi) is 7.06. The quantitative estimate of drug-likeness (QED) is 0.712. The summed E-state index contributed by atoms with van der Waals surface area (Å²) in [6, 6.07) is 7.79. The fraction of sp³-hybridized carbons (Fsp3) is 0.609. The Morgan fingerprint density at radius 1 is 1.13 bits per heavy atom. The molecule has 1 aromatic heterocycles. The molecular weight excluding hydrogens is 396 g/mol. The van der Waals surface area contributed by atoms with Crippen LogP contribution in [0.25, 0.3) is 11.1 Å². The topological polar surface area (TPSA) is 87.9 Å². The summed E-state index contributed by atoms with van der Waals surface area (Å²) in [5.74, 6) is 1.12. The Morgan fingerprint density at radius 2 is 1.87 bits per heavy atom. The van der Waals surface area contributed by atoms with E-state index in [4.69, 9.17) is 9.15 Å². The number of hydrogen-bond acceptors (Lipinski definition) is 6. The first-order valence-electron chi connectivity index (χ1n) is 11.4. The maximum absolute atomic E-state index is 12.6. The van der Waals surface area contributed by atoms with Gasteiger partial charge in [0.05, 0.1) is 19.1 Å². The zero-order valence-electron chi connectivity index (χ0n) is 18.2. The Hall–Kier alpha value is -2.61. The van der Waals surface area contributed by atoms with Gasteiger partial charge in [-0.2, -0.15) is 0 Å². The van der Waals surface area contributed by atoms with Crippen molar-refractivity contribution in [3.05, 3.63) is 30.2 Å². The highest BCUT2D eigenvalue weighted by molar-refractivity contribution is 5.74. The number of esters is 1. The van der Waals surface area contributed by atoms with Gasteiger partial charge in [0, 0.05) is 32.7 Å². The average molecular weight is 429 g/mol. The molecule has 31 heavy (non-hydrogen) atoms. The second kappa shape index (κ2) is 10.1. The maximum Gasteiger partial charge on any atom is 0.317 e. The molecule has 1 N–H and O–H groups in total. The van der Waals surface area contributed by atoms with Crippen LogP contribution in [0.4, 0.5) is 4.79 Å². The van der Waals surface area contributed by atoms with Gasteiger partial charge in [0.15, 0.2) is 5.58 Å². The number of rotatable bonds is 6. The molecule has 0 bridgehead atoms. The van der Waals surface area contributed by atoms with Gasteiger partial charge in [-0.3, -0.25) is 9.69 Å². The number of oxazole rings is 1. The van der Waals surface area contributed by atoms with Crippen LogP contribution in [-0.4, -0.2) is 66.1 Å². The van der Waals surface area contributed by atoms with Gasteiger partial charge in [0.2, 0.25) is 5.89 Å². The van der Waals surface area contributed by atoms with E-state index in [1.54, 1.807) is 0 Å². The summed E-state index contributed by atoms with van der Waals surface area (Å²) < 4.78 is 10.9. The SMILES string of the molecule is CCOC(=O)C1CCC(CNC(=O)N2CCN(Cc3nc4ccccc4o3)CC2)CC1. The van der Waals surface area contributed by atoms with E-state index >= 15 is 0 Å².